The number of aryl methyl sites for hydroxylation is 1. The van der Waals surface area contributed by atoms with Crippen molar-refractivity contribution in [2.24, 2.45) is 5.92 Å². The minimum Gasteiger partial charge on any atom is -0.493 e. The molecule has 1 amide bonds. The molecule has 40 heavy (non-hydrogen) atoms. The van der Waals surface area contributed by atoms with Crippen LogP contribution in [-0.2, 0) is 16.0 Å². The van der Waals surface area contributed by atoms with Gasteiger partial charge in [0, 0.05) is 37.7 Å². The molecule has 0 bridgehead atoms. The zero-order valence-corrected chi connectivity index (χ0v) is 22.7. The van der Waals surface area contributed by atoms with Gasteiger partial charge in [-0.3, -0.25) is 19.5 Å². The van der Waals surface area contributed by atoms with Crippen LogP contribution in [-0.4, -0.2) is 71.4 Å². The van der Waals surface area contributed by atoms with Gasteiger partial charge in [0.2, 0.25) is 18.4 Å². The van der Waals surface area contributed by atoms with Crippen LogP contribution < -0.4 is 19.1 Å². The van der Waals surface area contributed by atoms with E-state index in [2.05, 4.69) is 16.9 Å². The van der Waals surface area contributed by atoms with Crippen molar-refractivity contribution < 1.29 is 33.3 Å². The first-order valence-corrected chi connectivity index (χ1v) is 13.5. The molecule has 11 heteroatoms. The van der Waals surface area contributed by atoms with Crippen LogP contribution in [0.25, 0.3) is 0 Å². The van der Waals surface area contributed by atoms with Crippen LogP contribution in [0, 0.1) is 5.92 Å². The number of hydrogen-bond donors (Lipinski definition) is 1. The monoisotopic (exact) mass is 550 g/mol. The third kappa shape index (κ3) is 5.74. The van der Waals surface area contributed by atoms with E-state index in [0.29, 0.717) is 49.1 Å². The number of unbranched alkanes of at least 4 members (excludes halogenated alkanes) is 1. The standard InChI is InChI=1S/C29H34N4O7/c1-3-4-11-33(20-6-5-9-30-15-20)26(34)17-32-16-21(19-13-23(37-2)28-24(14-19)39-18-40-28)27(29(35)36)22(32)7-8-25-31-10-12-38-25/h5-6,9-10,12-15,21-22,27H,3-4,7-8,11,16-18H2,1-2H3,(H,35,36)/t21-,22+,27?/m1/s1. The lowest BCUT2D eigenvalue weighted by Gasteiger charge is -2.29. The highest BCUT2D eigenvalue weighted by Gasteiger charge is 2.47. The highest BCUT2D eigenvalue weighted by atomic mass is 16.7. The average Bonchev–Trinajstić information content (AvgIpc) is 3.72. The van der Waals surface area contributed by atoms with Crippen molar-refractivity contribution in [2.45, 2.75) is 44.6 Å². The van der Waals surface area contributed by atoms with E-state index in [1.807, 2.05) is 23.1 Å². The molecule has 0 radical (unpaired) electrons. The van der Waals surface area contributed by atoms with E-state index in [1.54, 1.807) is 29.6 Å². The van der Waals surface area contributed by atoms with Crippen molar-refractivity contribution in [1.29, 1.82) is 0 Å². The number of carbonyl (C=O) groups is 2. The second-order valence-electron chi connectivity index (χ2n) is 10.00. The van der Waals surface area contributed by atoms with Gasteiger partial charge in [0.1, 0.15) is 6.26 Å². The number of fused-ring (bicyclic) bond motifs is 1. The predicted octanol–water partition coefficient (Wildman–Crippen LogP) is 3.74. The maximum atomic E-state index is 13.8. The molecule has 0 aliphatic carbocycles. The molecule has 3 atom stereocenters. The molecular weight excluding hydrogens is 516 g/mol. The normalized spacial score (nSPS) is 20.0. The van der Waals surface area contributed by atoms with E-state index >= 15 is 0 Å². The number of ether oxygens (including phenoxy) is 3. The summed E-state index contributed by atoms with van der Waals surface area (Å²) in [6.07, 6.45) is 9.11. The van der Waals surface area contributed by atoms with Gasteiger partial charge in [0.05, 0.1) is 37.7 Å². The Kier molecular flexibility index (Phi) is 8.49. The molecule has 1 saturated heterocycles. The van der Waals surface area contributed by atoms with Crippen molar-refractivity contribution in [3.05, 3.63) is 60.6 Å². The highest BCUT2D eigenvalue weighted by molar-refractivity contribution is 5.94. The Hall–Kier alpha value is -4.12. The van der Waals surface area contributed by atoms with Crippen molar-refractivity contribution in [3.63, 3.8) is 0 Å². The van der Waals surface area contributed by atoms with Gasteiger partial charge in [0.25, 0.3) is 0 Å². The Morgan fingerprint density at radius 2 is 2.12 bits per heavy atom. The molecular formula is C29H34N4O7. The van der Waals surface area contributed by atoms with Crippen molar-refractivity contribution in [3.8, 4) is 17.2 Å². The lowest BCUT2D eigenvalue weighted by molar-refractivity contribution is -0.143. The topological polar surface area (TPSA) is 127 Å². The molecule has 2 aliphatic heterocycles. The third-order valence-corrected chi connectivity index (χ3v) is 7.61. The van der Waals surface area contributed by atoms with E-state index in [1.165, 1.54) is 13.4 Å². The van der Waals surface area contributed by atoms with Gasteiger partial charge in [-0.2, -0.15) is 0 Å². The minimum atomic E-state index is -0.927. The molecule has 0 spiro atoms. The number of carboxylic acid groups (broad SMARTS) is 1. The molecule has 1 fully saturated rings. The van der Waals surface area contributed by atoms with Gasteiger partial charge in [-0.1, -0.05) is 13.3 Å². The molecule has 1 N–H and O–H groups in total. The summed E-state index contributed by atoms with van der Waals surface area (Å²) in [6, 6.07) is 6.88. The molecule has 1 unspecified atom stereocenters. The van der Waals surface area contributed by atoms with Gasteiger partial charge in [0.15, 0.2) is 17.4 Å². The first-order chi connectivity index (χ1) is 19.5. The Labute approximate surface area is 232 Å². The summed E-state index contributed by atoms with van der Waals surface area (Å²) >= 11 is 0. The fraction of sp³-hybridized carbons (Fsp3) is 0.448. The number of likely N-dealkylation sites (tertiary alicyclic amines) is 1. The first kappa shape index (κ1) is 27.4. The lowest BCUT2D eigenvalue weighted by atomic mass is 9.83. The van der Waals surface area contributed by atoms with Gasteiger partial charge in [-0.05, 0) is 42.7 Å². The molecule has 1 aromatic carbocycles. The van der Waals surface area contributed by atoms with E-state index in [4.69, 9.17) is 18.6 Å². The number of hydrogen-bond acceptors (Lipinski definition) is 9. The number of aliphatic carboxylic acids is 1. The smallest absolute Gasteiger partial charge is 0.308 e. The van der Waals surface area contributed by atoms with Crippen LogP contribution in [0.3, 0.4) is 0 Å². The molecule has 5 rings (SSSR count). The number of oxazole rings is 1. The van der Waals surface area contributed by atoms with Crippen molar-refractivity contribution in [2.75, 3.05) is 38.4 Å². The summed E-state index contributed by atoms with van der Waals surface area (Å²) < 4.78 is 22.1. The maximum absolute atomic E-state index is 13.8. The zero-order chi connectivity index (χ0) is 28.1. The molecule has 2 aliphatic rings. The van der Waals surface area contributed by atoms with Gasteiger partial charge < -0.3 is 28.6 Å². The van der Waals surface area contributed by atoms with Gasteiger partial charge in [-0.25, -0.2) is 4.98 Å². The molecule has 2 aromatic heterocycles. The molecule has 212 valence electrons. The fourth-order valence-corrected chi connectivity index (χ4v) is 5.69. The number of nitrogens with zero attached hydrogens (tertiary/aromatic N) is 4. The SMILES string of the molecule is CCCCN(C(=O)CN1C[C@H](c2cc(OC)c3c(c2)OCO3)C(C(=O)O)[C@@H]1CCc1ncco1)c1cccnc1. The Bertz CT molecular complexity index is 1300. The number of rotatable bonds is 12. The zero-order valence-electron chi connectivity index (χ0n) is 22.7. The molecule has 3 aromatic rings. The van der Waals surface area contributed by atoms with Crippen LogP contribution in [0.2, 0.25) is 0 Å². The van der Waals surface area contributed by atoms with E-state index in [-0.39, 0.29) is 19.2 Å². The number of carboxylic acids is 1. The van der Waals surface area contributed by atoms with Gasteiger partial charge >= 0.3 is 5.97 Å². The number of methoxy groups -OCH3 is 1. The van der Waals surface area contributed by atoms with Crippen molar-refractivity contribution in [1.82, 2.24) is 14.9 Å². The Balaban J connectivity index is 1.46. The third-order valence-electron chi connectivity index (χ3n) is 7.61. The largest absolute Gasteiger partial charge is 0.493 e. The van der Waals surface area contributed by atoms with Crippen LogP contribution in [0.15, 0.2) is 53.5 Å². The number of anilines is 1. The lowest BCUT2D eigenvalue weighted by Crippen LogP contribution is -2.44. The summed E-state index contributed by atoms with van der Waals surface area (Å²) in [5.74, 6) is -0.176. The fourth-order valence-electron chi connectivity index (χ4n) is 5.69. The average molecular weight is 551 g/mol. The number of amides is 1. The molecule has 4 heterocycles. The summed E-state index contributed by atoms with van der Waals surface area (Å²) in [7, 11) is 1.54. The first-order valence-electron chi connectivity index (χ1n) is 13.5. The predicted molar refractivity (Wildman–Crippen MR) is 145 cm³/mol. The summed E-state index contributed by atoms with van der Waals surface area (Å²) in [6.45, 7) is 3.14. The second-order valence-corrected chi connectivity index (χ2v) is 10.00. The van der Waals surface area contributed by atoms with Gasteiger partial charge in [-0.15, -0.1) is 0 Å². The van der Waals surface area contributed by atoms with Crippen molar-refractivity contribution >= 4 is 17.6 Å². The molecule has 11 nitrogen and oxygen atoms in total. The molecule has 0 saturated carbocycles. The Morgan fingerprint density at radius 1 is 1.25 bits per heavy atom. The van der Waals surface area contributed by atoms with E-state index in [9.17, 15) is 14.7 Å². The van der Waals surface area contributed by atoms with E-state index in [0.717, 1.165) is 24.1 Å². The van der Waals surface area contributed by atoms with Crippen LogP contribution in [0.4, 0.5) is 5.69 Å². The Morgan fingerprint density at radius 3 is 2.83 bits per heavy atom. The summed E-state index contributed by atoms with van der Waals surface area (Å²) in [5, 5.41) is 10.5. The van der Waals surface area contributed by atoms with Crippen LogP contribution in [0.5, 0.6) is 17.2 Å². The maximum Gasteiger partial charge on any atom is 0.308 e. The van der Waals surface area contributed by atoms with Crippen LogP contribution in [0.1, 0.15) is 43.6 Å². The summed E-state index contributed by atoms with van der Waals surface area (Å²) in [4.78, 5) is 38.7. The number of pyridine rings is 1. The quantitative estimate of drug-likeness (QED) is 0.356. The minimum absolute atomic E-state index is 0.0663. The highest BCUT2D eigenvalue weighted by Crippen LogP contribution is 2.47. The number of carbonyl (C=O) groups excluding carboxylic acids is 1. The number of benzene rings is 1. The van der Waals surface area contributed by atoms with E-state index < -0.39 is 23.8 Å². The number of aromatic nitrogens is 2. The second kappa shape index (κ2) is 12.4. The van der Waals surface area contributed by atoms with Crippen LogP contribution >= 0.6 is 0 Å². The summed E-state index contributed by atoms with van der Waals surface area (Å²) in [5.41, 5.74) is 1.49.